The Morgan fingerprint density at radius 1 is 1.55 bits per heavy atom. The van der Waals surface area contributed by atoms with Crippen LogP contribution in [0.4, 0.5) is 5.82 Å². The van der Waals surface area contributed by atoms with Crippen LogP contribution in [-0.4, -0.2) is 35.3 Å². The van der Waals surface area contributed by atoms with Crippen molar-refractivity contribution in [1.29, 1.82) is 0 Å². The summed E-state index contributed by atoms with van der Waals surface area (Å²) in [5.41, 5.74) is 0.155. The van der Waals surface area contributed by atoms with Gasteiger partial charge in [-0.3, -0.25) is 0 Å². The summed E-state index contributed by atoms with van der Waals surface area (Å²) < 4.78 is 29.8. The molecule has 2 unspecified atom stereocenters. The predicted octanol–water partition coefficient (Wildman–Crippen LogP) is 0.315. The molecule has 1 aromatic heterocycles. The molecule has 2 heterocycles. The molecule has 1 aliphatic rings. The molecule has 20 heavy (non-hydrogen) atoms. The van der Waals surface area contributed by atoms with Gasteiger partial charge >= 0.3 is 5.82 Å². The molecule has 112 valence electrons. The standard InChI is InChI=1S/C10H16N4O5S/c1-6-3-4-8(19-6)5-13-7(2)9(20(11,17)18)10(12-13)14(15)16/h6,8H,3-5H2,1-2H3,(H2,11,17,18). The zero-order valence-corrected chi connectivity index (χ0v) is 12.0. The van der Waals surface area contributed by atoms with Crippen LogP contribution in [0.15, 0.2) is 4.90 Å². The summed E-state index contributed by atoms with van der Waals surface area (Å²) in [5.74, 6) is -0.740. The van der Waals surface area contributed by atoms with E-state index in [-0.39, 0.29) is 24.4 Å². The van der Waals surface area contributed by atoms with Crippen LogP contribution >= 0.6 is 0 Å². The third kappa shape index (κ3) is 2.81. The first-order chi connectivity index (χ1) is 9.20. The normalized spacial score (nSPS) is 23.1. The van der Waals surface area contributed by atoms with Crippen molar-refractivity contribution in [2.24, 2.45) is 5.14 Å². The molecule has 0 saturated carbocycles. The second-order valence-corrected chi connectivity index (χ2v) is 6.37. The Bertz CT molecular complexity index is 638. The molecule has 0 bridgehead atoms. The van der Waals surface area contributed by atoms with E-state index in [4.69, 9.17) is 9.88 Å². The number of sulfonamides is 1. The first kappa shape index (κ1) is 14.9. The molecule has 1 aliphatic heterocycles. The molecule has 0 aromatic carbocycles. The fourth-order valence-electron chi connectivity index (χ4n) is 2.36. The van der Waals surface area contributed by atoms with Crippen molar-refractivity contribution in [3.63, 3.8) is 0 Å². The molecule has 2 N–H and O–H groups in total. The van der Waals surface area contributed by atoms with Gasteiger partial charge in [0, 0.05) is 0 Å². The van der Waals surface area contributed by atoms with Gasteiger partial charge in [-0.25, -0.2) is 13.6 Å². The summed E-state index contributed by atoms with van der Waals surface area (Å²) in [6.45, 7) is 3.65. The second kappa shape index (κ2) is 5.11. The SMILES string of the molecule is Cc1c(S(N)(=O)=O)c([N+](=O)[O-])nn1CC1CCC(C)O1. The van der Waals surface area contributed by atoms with Crippen molar-refractivity contribution in [1.82, 2.24) is 9.78 Å². The van der Waals surface area contributed by atoms with Gasteiger partial charge in [0.2, 0.25) is 14.9 Å². The van der Waals surface area contributed by atoms with E-state index in [1.165, 1.54) is 11.6 Å². The van der Waals surface area contributed by atoms with E-state index in [1.807, 2.05) is 6.92 Å². The number of rotatable bonds is 4. The molecule has 1 fully saturated rings. The van der Waals surface area contributed by atoms with E-state index in [0.29, 0.717) is 0 Å². The minimum absolute atomic E-state index is 0.128. The Labute approximate surface area is 115 Å². The van der Waals surface area contributed by atoms with Crippen LogP contribution in [0, 0.1) is 17.0 Å². The van der Waals surface area contributed by atoms with Gasteiger partial charge in [-0.2, -0.15) is 4.68 Å². The lowest BCUT2D eigenvalue weighted by Gasteiger charge is -2.09. The molecule has 1 saturated heterocycles. The minimum Gasteiger partial charge on any atom is -0.373 e. The van der Waals surface area contributed by atoms with Gasteiger partial charge in [-0.15, -0.1) is 0 Å². The number of ether oxygens (including phenoxy) is 1. The molecule has 9 nitrogen and oxygen atoms in total. The highest BCUT2D eigenvalue weighted by molar-refractivity contribution is 7.89. The van der Waals surface area contributed by atoms with Gasteiger partial charge in [-0.1, -0.05) is 0 Å². The van der Waals surface area contributed by atoms with Crippen LogP contribution in [0.2, 0.25) is 0 Å². The van der Waals surface area contributed by atoms with E-state index < -0.39 is 25.7 Å². The molecular weight excluding hydrogens is 288 g/mol. The molecule has 0 amide bonds. The maximum atomic E-state index is 11.5. The van der Waals surface area contributed by atoms with Crippen LogP contribution in [0.3, 0.4) is 0 Å². The maximum absolute atomic E-state index is 11.5. The van der Waals surface area contributed by atoms with Crippen LogP contribution in [0.25, 0.3) is 0 Å². The highest BCUT2D eigenvalue weighted by atomic mass is 32.2. The largest absolute Gasteiger partial charge is 0.410 e. The summed E-state index contributed by atoms with van der Waals surface area (Å²) in [6.07, 6.45) is 1.70. The Morgan fingerprint density at radius 2 is 2.20 bits per heavy atom. The number of aromatic nitrogens is 2. The smallest absolute Gasteiger partial charge is 0.373 e. The fraction of sp³-hybridized carbons (Fsp3) is 0.700. The Morgan fingerprint density at radius 3 is 2.60 bits per heavy atom. The molecule has 10 heteroatoms. The van der Waals surface area contributed by atoms with E-state index in [1.54, 1.807) is 0 Å². The fourth-order valence-corrected chi connectivity index (χ4v) is 3.24. The molecule has 1 aromatic rings. The Balaban J connectivity index is 2.38. The zero-order valence-electron chi connectivity index (χ0n) is 11.1. The maximum Gasteiger partial charge on any atom is 0.410 e. The minimum atomic E-state index is -4.20. The summed E-state index contributed by atoms with van der Waals surface area (Å²) in [5, 5.41) is 19.7. The average Bonchev–Trinajstić information content (AvgIpc) is 2.83. The number of primary sulfonamides is 1. The van der Waals surface area contributed by atoms with Gasteiger partial charge < -0.3 is 14.9 Å². The van der Waals surface area contributed by atoms with Crippen molar-refractivity contribution in [2.45, 2.75) is 50.3 Å². The molecule has 2 atom stereocenters. The van der Waals surface area contributed by atoms with Crippen LogP contribution in [0.1, 0.15) is 25.5 Å². The second-order valence-electron chi connectivity index (χ2n) is 4.87. The van der Waals surface area contributed by atoms with E-state index in [0.717, 1.165) is 12.8 Å². The third-order valence-electron chi connectivity index (χ3n) is 3.29. The summed E-state index contributed by atoms with van der Waals surface area (Å²) in [6, 6.07) is 0. The van der Waals surface area contributed by atoms with Crippen molar-refractivity contribution in [2.75, 3.05) is 0 Å². The molecule has 0 aliphatic carbocycles. The zero-order chi connectivity index (χ0) is 15.1. The number of nitro groups is 1. The molecule has 0 radical (unpaired) electrons. The lowest BCUT2D eigenvalue weighted by atomic mass is 10.2. The van der Waals surface area contributed by atoms with Crippen molar-refractivity contribution in [3.8, 4) is 0 Å². The average molecular weight is 304 g/mol. The first-order valence-electron chi connectivity index (χ1n) is 6.10. The van der Waals surface area contributed by atoms with E-state index in [9.17, 15) is 18.5 Å². The molecular formula is C10H16N4O5S. The number of hydrogen-bond acceptors (Lipinski definition) is 6. The van der Waals surface area contributed by atoms with E-state index in [2.05, 4.69) is 5.10 Å². The van der Waals surface area contributed by atoms with Gasteiger partial charge in [0.1, 0.15) is 0 Å². The van der Waals surface area contributed by atoms with Crippen molar-refractivity contribution < 1.29 is 18.1 Å². The summed E-state index contributed by atoms with van der Waals surface area (Å²) in [4.78, 5) is 9.52. The van der Waals surface area contributed by atoms with Gasteiger partial charge in [-0.05, 0) is 31.6 Å². The number of nitrogens with two attached hydrogens (primary N) is 1. The third-order valence-corrected chi connectivity index (χ3v) is 4.34. The highest BCUT2D eigenvalue weighted by Gasteiger charge is 2.34. The Kier molecular flexibility index (Phi) is 3.80. The van der Waals surface area contributed by atoms with Gasteiger partial charge in [0.25, 0.3) is 0 Å². The topological polar surface area (TPSA) is 130 Å². The highest BCUT2D eigenvalue weighted by Crippen LogP contribution is 2.27. The summed E-state index contributed by atoms with van der Waals surface area (Å²) in [7, 11) is -4.20. The van der Waals surface area contributed by atoms with Gasteiger partial charge in [0.15, 0.2) is 0 Å². The van der Waals surface area contributed by atoms with Crippen molar-refractivity contribution in [3.05, 3.63) is 15.8 Å². The predicted molar refractivity (Wildman–Crippen MR) is 68.6 cm³/mol. The quantitative estimate of drug-likeness (QED) is 0.629. The van der Waals surface area contributed by atoms with E-state index >= 15 is 0 Å². The monoisotopic (exact) mass is 304 g/mol. The molecule has 0 spiro atoms. The first-order valence-corrected chi connectivity index (χ1v) is 7.65. The molecule has 2 rings (SSSR count). The van der Waals surface area contributed by atoms with Crippen LogP contribution < -0.4 is 5.14 Å². The van der Waals surface area contributed by atoms with Gasteiger partial charge in [0.05, 0.1) is 29.5 Å². The van der Waals surface area contributed by atoms with Crippen molar-refractivity contribution >= 4 is 15.8 Å². The van der Waals surface area contributed by atoms with Crippen LogP contribution in [0.5, 0.6) is 0 Å². The lowest BCUT2D eigenvalue weighted by molar-refractivity contribution is -0.392. The lowest BCUT2D eigenvalue weighted by Crippen LogP contribution is -2.19. The number of hydrogen-bond donors (Lipinski definition) is 1. The Hall–Kier alpha value is -1.52. The number of nitrogens with zero attached hydrogens (tertiary/aromatic N) is 3. The summed E-state index contributed by atoms with van der Waals surface area (Å²) >= 11 is 0. The van der Waals surface area contributed by atoms with Crippen LogP contribution in [-0.2, 0) is 21.3 Å².